The van der Waals surface area contributed by atoms with Gasteiger partial charge in [-0.15, -0.1) is 0 Å². The number of carbonyl (C=O) groups excluding carboxylic acids is 2. The first-order chi connectivity index (χ1) is 6.60. The third kappa shape index (κ3) is 6.60. The maximum atomic E-state index is 11.2. The first-order valence-corrected chi connectivity index (χ1v) is 5.07. The van der Waals surface area contributed by atoms with Crippen LogP contribution in [0.1, 0.15) is 26.7 Å². The highest BCUT2D eigenvalue weighted by Gasteiger charge is 2.08. The van der Waals surface area contributed by atoms with E-state index in [4.69, 9.17) is 0 Å². The van der Waals surface area contributed by atoms with Crippen molar-refractivity contribution in [2.45, 2.75) is 26.7 Å². The number of Topliss-reactive ketones (excluding diaryl/α,β-unsaturated/α-hetero) is 1. The van der Waals surface area contributed by atoms with Crippen LogP contribution in [0.15, 0.2) is 0 Å². The van der Waals surface area contributed by atoms with Crippen LogP contribution in [-0.2, 0) is 9.59 Å². The fourth-order valence-electron chi connectivity index (χ4n) is 1.03. The number of likely N-dealkylation sites (N-methyl/N-ethyl adjacent to an activating group) is 1. The van der Waals surface area contributed by atoms with Gasteiger partial charge in [0, 0.05) is 13.0 Å². The van der Waals surface area contributed by atoms with Gasteiger partial charge in [-0.3, -0.25) is 14.5 Å². The molecule has 14 heavy (non-hydrogen) atoms. The zero-order valence-corrected chi connectivity index (χ0v) is 9.30. The van der Waals surface area contributed by atoms with Crippen molar-refractivity contribution in [2.24, 2.45) is 0 Å². The quantitative estimate of drug-likeness (QED) is 0.648. The van der Waals surface area contributed by atoms with Crippen LogP contribution in [0, 0.1) is 0 Å². The van der Waals surface area contributed by atoms with Gasteiger partial charge in [-0.1, -0.05) is 13.8 Å². The molecule has 0 bridgehead atoms. The van der Waals surface area contributed by atoms with Gasteiger partial charge in [0.05, 0.1) is 13.1 Å². The Hall–Kier alpha value is -0.900. The number of amides is 1. The third-order valence-corrected chi connectivity index (χ3v) is 1.83. The molecule has 0 saturated carbocycles. The van der Waals surface area contributed by atoms with Gasteiger partial charge in [-0.05, 0) is 13.5 Å². The lowest BCUT2D eigenvalue weighted by Crippen LogP contribution is -2.37. The molecule has 0 fully saturated rings. The maximum absolute atomic E-state index is 11.2. The summed E-state index contributed by atoms with van der Waals surface area (Å²) < 4.78 is 0. The van der Waals surface area contributed by atoms with Crippen LogP contribution in [0.4, 0.5) is 0 Å². The highest BCUT2D eigenvalue weighted by molar-refractivity contribution is 5.82. The number of nitrogens with one attached hydrogen (secondary N) is 1. The summed E-state index contributed by atoms with van der Waals surface area (Å²) in [6.07, 6.45) is 1.46. The molecule has 0 aromatic carbocycles. The average molecular weight is 200 g/mol. The number of rotatable bonds is 7. The monoisotopic (exact) mass is 200 g/mol. The van der Waals surface area contributed by atoms with Crippen molar-refractivity contribution < 1.29 is 9.59 Å². The summed E-state index contributed by atoms with van der Waals surface area (Å²) in [4.78, 5) is 24.0. The lowest BCUT2D eigenvalue weighted by molar-refractivity contribution is -0.123. The van der Waals surface area contributed by atoms with Gasteiger partial charge in [-0.2, -0.15) is 0 Å². The number of hydrogen-bond acceptors (Lipinski definition) is 3. The van der Waals surface area contributed by atoms with Gasteiger partial charge in [0.1, 0.15) is 5.78 Å². The van der Waals surface area contributed by atoms with E-state index < -0.39 is 0 Å². The number of ketones is 1. The molecule has 1 N–H and O–H groups in total. The summed E-state index contributed by atoms with van der Waals surface area (Å²) in [5.74, 6) is 0.147. The Morgan fingerprint density at radius 1 is 1.21 bits per heavy atom. The molecule has 0 unspecified atom stereocenters. The maximum Gasteiger partial charge on any atom is 0.234 e. The first-order valence-electron chi connectivity index (χ1n) is 5.07. The second-order valence-corrected chi connectivity index (χ2v) is 3.41. The molecule has 0 aromatic rings. The summed E-state index contributed by atoms with van der Waals surface area (Å²) in [7, 11) is 1.78. The van der Waals surface area contributed by atoms with Gasteiger partial charge in [0.2, 0.25) is 5.91 Å². The summed E-state index contributed by atoms with van der Waals surface area (Å²) in [5, 5.41) is 2.76. The van der Waals surface area contributed by atoms with Crippen molar-refractivity contribution in [3.8, 4) is 0 Å². The van der Waals surface area contributed by atoms with Crippen molar-refractivity contribution in [1.29, 1.82) is 0 Å². The molecule has 82 valence electrons. The molecular weight excluding hydrogens is 180 g/mol. The number of nitrogens with zero attached hydrogens (tertiary/aromatic N) is 1. The molecule has 0 spiro atoms. The van der Waals surface area contributed by atoms with Crippen LogP contribution in [0.25, 0.3) is 0 Å². The fraction of sp³-hybridized carbons (Fsp3) is 0.800. The van der Waals surface area contributed by atoms with E-state index in [1.807, 2.05) is 13.8 Å². The van der Waals surface area contributed by atoms with E-state index in [0.29, 0.717) is 26.1 Å². The highest BCUT2D eigenvalue weighted by Crippen LogP contribution is 1.87. The van der Waals surface area contributed by atoms with E-state index in [-0.39, 0.29) is 11.7 Å². The summed E-state index contributed by atoms with van der Waals surface area (Å²) >= 11 is 0. The van der Waals surface area contributed by atoms with Gasteiger partial charge < -0.3 is 5.32 Å². The molecule has 0 saturated heterocycles. The highest BCUT2D eigenvalue weighted by atomic mass is 16.2. The zero-order chi connectivity index (χ0) is 11.0. The summed E-state index contributed by atoms with van der Waals surface area (Å²) in [6, 6.07) is 0. The lowest BCUT2D eigenvalue weighted by Gasteiger charge is -2.14. The third-order valence-electron chi connectivity index (χ3n) is 1.83. The SMILES string of the molecule is CCCNC(=O)CN(C)CC(=O)CC. The number of carbonyl (C=O) groups is 2. The van der Waals surface area contributed by atoms with Crippen LogP contribution in [0.3, 0.4) is 0 Å². The van der Waals surface area contributed by atoms with Gasteiger partial charge >= 0.3 is 0 Å². The van der Waals surface area contributed by atoms with Crippen LogP contribution in [-0.4, -0.2) is 43.3 Å². The summed E-state index contributed by atoms with van der Waals surface area (Å²) in [6.45, 7) is 5.19. The minimum atomic E-state index is -0.0155. The second kappa shape index (κ2) is 7.50. The van der Waals surface area contributed by atoms with E-state index >= 15 is 0 Å². The predicted molar refractivity (Wildman–Crippen MR) is 56.1 cm³/mol. The van der Waals surface area contributed by atoms with Crippen LogP contribution >= 0.6 is 0 Å². The van der Waals surface area contributed by atoms with Crippen molar-refractivity contribution in [3.63, 3.8) is 0 Å². The largest absolute Gasteiger partial charge is 0.355 e. The minimum absolute atomic E-state index is 0.0155. The van der Waals surface area contributed by atoms with Gasteiger partial charge in [0.15, 0.2) is 0 Å². The molecule has 4 nitrogen and oxygen atoms in total. The number of hydrogen-bond donors (Lipinski definition) is 1. The molecule has 4 heteroatoms. The van der Waals surface area contributed by atoms with E-state index in [2.05, 4.69) is 5.32 Å². The Bertz CT molecular complexity index is 193. The van der Waals surface area contributed by atoms with Crippen molar-refractivity contribution in [2.75, 3.05) is 26.7 Å². The Morgan fingerprint density at radius 3 is 2.36 bits per heavy atom. The van der Waals surface area contributed by atoms with Crippen molar-refractivity contribution in [3.05, 3.63) is 0 Å². The Labute approximate surface area is 85.7 Å². The fourth-order valence-corrected chi connectivity index (χ4v) is 1.03. The molecule has 0 radical (unpaired) electrons. The van der Waals surface area contributed by atoms with Crippen molar-refractivity contribution in [1.82, 2.24) is 10.2 Å². The molecule has 0 aliphatic heterocycles. The Balaban J connectivity index is 3.65. The molecular formula is C10H20N2O2. The zero-order valence-electron chi connectivity index (χ0n) is 9.30. The van der Waals surface area contributed by atoms with E-state index in [9.17, 15) is 9.59 Å². The van der Waals surface area contributed by atoms with Gasteiger partial charge in [0.25, 0.3) is 0 Å². The standard InChI is InChI=1S/C10H20N2O2/c1-4-6-11-10(14)8-12(3)7-9(13)5-2/h4-8H2,1-3H3,(H,11,14). The van der Waals surface area contributed by atoms with E-state index in [1.54, 1.807) is 11.9 Å². The Kier molecular flexibility index (Phi) is 7.02. The smallest absolute Gasteiger partial charge is 0.234 e. The van der Waals surface area contributed by atoms with Crippen LogP contribution in [0.5, 0.6) is 0 Å². The average Bonchev–Trinajstić information content (AvgIpc) is 2.14. The second-order valence-electron chi connectivity index (χ2n) is 3.41. The van der Waals surface area contributed by atoms with Crippen molar-refractivity contribution >= 4 is 11.7 Å². The van der Waals surface area contributed by atoms with Gasteiger partial charge in [-0.25, -0.2) is 0 Å². The molecule has 0 aliphatic rings. The molecule has 0 aliphatic carbocycles. The van der Waals surface area contributed by atoms with Crippen LogP contribution < -0.4 is 5.32 Å². The first kappa shape index (κ1) is 13.1. The van der Waals surface area contributed by atoms with E-state index in [1.165, 1.54) is 0 Å². The Morgan fingerprint density at radius 2 is 1.86 bits per heavy atom. The topological polar surface area (TPSA) is 49.4 Å². The molecule has 0 atom stereocenters. The predicted octanol–water partition coefficient (Wildman–Crippen LogP) is 0.423. The molecule has 0 aromatic heterocycles. The molecule has 1 amide bonds. The normalized spacial score (nSPS) is 10.3. The molecule has 0 heterocycles. The molecule has 0 rings (SSSR count). The lowest BCUT2D eigenvalue weighted by atomic mass is 10.3. The van der Waals surface area contributed by atoms with Crippen LogP contribution in [0.2, 0.25) is 0 Å². The van der Waals surface area contributed by atoms with E-state index in [0.717, 1.165) is 6.42 Å². The summed E-state index contributed by atoms with van der Waals surface area (Å²) in [5.41, 5.74) is 0. The minimum Gasteiger partial charge on any atom is -0.355 e.